The van der Waals surface area contributed by atoms with Gasteiger partial charge in [-0.25, -0.2) is 0 Å². The lowest BCUT2D eigenvalue weighted by atomic mass is 10.3. The van der Waals surface area contributed by atoms with Gasteiger partial charge in [0.2, 0.25) is 0 Å². The minimum atomic E-state index is -0.0880. The highest BCUT2D eigenvalue weighted by Gasteiger charge is 2.14. The van der Waals surface area contributed by atoms with E-state index in [1.54, 1.807) is 16.8 Å². The van der Waals surface area contributed by atoms with E-state index in [0.717, 1.165) is 0 Å². The standard InChI is InChI=1S/C10H12ClN3O/c1-3-14-9(12)7(11)8-6(10(14)15)4-5-13(8)2/h4-5H,3,12H2,1-2H3. The zero-order valence-electron chi connectivity index (χ0n) is 8.62. The number of rotatable bonds is 1. The molecule has 0 fully saturated rings. The van der Waals surface area contributed by atoms with E-state index in [2.05, 4.69) is 0 Å². The lowest BCUT2D eigenvalue weighted by Crippen LogP contribution is -2.22. The first-order chi connectivity index (χ1) is 7.07. The van der Waals surface area contributed by atoms with Crippen LogP contribution in [0.5, 0.6) is 0 Å². The normalized spacial score (nSPS) is 11.1. The average molecular weight is 226 g/mol. The number of nitrogens with two attached hydrogens (primary N) is 1. The van der Waals surface area contributed by atoms with Crippen molar-refractivity contribution in [3.63, 3.8) is 0 Å². The molecule has 0 aliphatic rings. The molecule has 0 radical (unpaired) electrons. The summed E-state index contributed by atoms with van der Waals surface area (Å²) < 4.78 is 3.28. The van der Waals surface area contributed by atoms with E-state index in [9.17, 15) is 4.79 Å². The molecule has 2 N–H and O–H groups in total. The summed E-state index contributed by atoms with van der Waals surface area (Å²) in [6.07, 6.45) is 1.80. The van der Waals surface area contributed by atoms with Crippen LogP contribution in [0.25, 0.3) is 10.9 Å². The van der Waals surface area contributed by atoms with Gasteiger partial charge >= 0.3 is 0 Å². The Morgan fingerprint density at radius 3 is 2.80 bits per heavy atom. The molecule has 0 aliphatic heterocycles. The monoisotopic (exact) mass is 225 g/mol. The van der Waals surface area contributed by atoms with Crippen LogP contribution in [0.15, 0.2) is 17.1 Å². The molecule has 4 nitrogen and oxygen atoms in total. The fraction of sp³-hybridized carbons (Fsp3) is 0.300. The molecule has 80 valence electrons. The SMILES string of the molecule is CCn1c(N)c(Cl)c2c(ccn2C)c1=O. The summed E-state index contributed by atoms with van der Waals surface area (Å²) in [5.74, 6) is 0.332. The van der Waals surface area contributed by atoms with Crippen molar-refractivity contribution >= 4 is 28.3 Å². The molecular weight excluding hydrogens is 214 g/mol. The van der Waals surface area contributed by atoms with Gasteiger partial charge in [-0.2, -0.15) is 0 Å². The van der Waals surface area contributed by atoms with Crippen molar-refractivity contribution < 1.29 is 0 Å². The summed E-state index contributed by atoms with van der Waals surface area (Å²) in [7, 11) is 1.84. The molecule has 0 unspecified atom stereocenters. The third-order valence-electron chi connectivity index (χ3n) is 2.59. The van der Waals surface area contributed by atoms with Crippen molar-refractivity contribution in [2.45, 2.75) is 13.5 Å². The molecule has 0 amide bonds. The van der Waals surface area contributed by atoms with Crippen LogP contribution in [0.1, 0.15) is 6.92 Å². The molecule has 0 atom stereocenters. The van der Waals surface area contributed by atoms with E-state index in [0.29, 0.717) is 28.3 Å². The van der Waals surface area contributed by atoms with Gasteiger partial charge < -0.3 is 10.3 Å². The second-order valence-electron chi connectivity index (χ2n) is 3.44. The van der Waals surface area contributed by atoms with Gasteiger partial charge in [0.05, 0.1) is 10.9 Å². The fourth-order valence-electron chi connectivity index (χ4n) is 1.78. The zero-order valence-corrected chi connectivity index (χ0v) is 9.38. The van der Waals surface area contributed by atoms with Crippen molar-refractivity contribution in [1.29, 1.82) is 0 Å². The van der Waals surface area contributed by atoms with Gasteiger partial charge in [0.1, 0.15) is 10.8 Å². The van der Waals surface area contributed by atoms with E-state index in [1.807, 2.05) is 14.0 Å². The van der Waals surface area contributed by atoms with Gasteiger partial charge in [0.25, 0.3) is 5.56 Å². The second kappa shape index (κ2) is 3.31. The van der Waals surface area contributed by atoms with E-state index < -0.39 is 0 Å². The van der Waals surface area contributed by atoms with Crippen LogP contribution in [0, 0.1) is 0 Å². The number of halogens is 1. The minimum Gasteiger partial charge on any atom is -0.384 e. The molecule has 0 aromatic carbocycles. The Balaban J connectivity index is 3.05. The van der Waals surface area contributed by atoms with Gasteiger partial charge in [-0.3, -0.25) is 9.36 Å². The molecule has 0 spiro atoms. The largest absolute Gasteiger partial charge is 0.384 e. The van der Waals surface area contributed by atoms with E-state index >= 15 is 0 Å². The van der Waals surface area contributed by atoms with Crippen molar-refractivity contribution in [1.82, 2.24) is 9.13 Å². The van der Waals surface area contributed by atoms with Crippen molar-refractivity contribution in [3.05, 3.63) is 27.6 Å². The summed E-state index contributed by atoms with van der Waals surface area (Å²) in [5, 5.41) is 1.05. The van der Waals surface area contributed by atoms with Crippen LogP contribution < -0.4 is 11.3 Å². The fourth-order valence-corrected chi connectivity index (χ4v) is 2.12. The number of hydrogen-bond donors (Lipinski definition) is 1. The number of pyridine rings is 1. The molecule has 0 saturated heterocycles. The number of aromatic nitrogens is 2. The molecule has 2 aromatic heterocycles. The molecule has 2 heterocycles. The molecule has 15 heavy (non-hydrogen) atoms. The molecule has 5 heteroatoms. The summed E-state index contributed by atoms with van der Waals surface area (Å²) in [5.41, 5.74) is 6.42. The van der Waals surface area contributed by atoms with Crippen molar-refractivity contribution in [2.75, 3.05) is 5.73 Å². The lowest BCUT2D eigenvalue weighted by molar-refractivity contribution is 0.746. The molecular formula is C10H12ClN3O. The van der Waals surface area contributed by atoms with Gasteiger partial charge in [0.15, 0.2) is 0 Å². The number of fused-ring (bicyclic) bond motifs is 1. The predicted octanol–water partition coefficient (Wildman–Crippen LogP) is 1.60. The molecule has 0 aliphatic carbocycles. The second-order valence-corrected chi connectivity index (χ2v) is 3.82. The van der Waals surface area contributed by atoms with Crippen LogP contribution in [-0.2, 0) is 13.6 Å². The summed E-state index contributed by atoms with van der Waals surface area (Å²) in [6.45, 7) is 2.39. The first-order valence-corrected chi connectivity index (χ1v) is 5.08. The highest BCUT2D eigenvalue weighted by molar-refractivity contribution is 6.37. The number of hydrogen-bond acceptors (Lipinski definition) is 2. The van der Waals surface area contributed by atoms with Gasteiger partial charge in [-0.1, -0.05) is 11.6 Å². The Labute approximate surface area is 91.9 Å². The first kappa shape index (κ1) is 10.1. The maximum Gasteiger partial charge on any atom is 0.261 e. The number of nitrogen functional groups attached to an aromatic ring is 1. The molecule has 2 rings (SSSR count). The van der Waals surface area contributed by atoms with Crippen molar-refractivity contribution in [3.8, 4) is 0 Å². The Kier molecular flexibility index (Phi) is 2.23. The van der Waals surface area contributed by atoms with Gasteiger partial charge in [0, 0.05) is 19.8 Å². The number of anilines is 1. The smallest absolute Gasteiger partial charge is 0.261 e. The quantitative estimate of drug-likeness (QED) is 0.802. The Bertz CT molecular complexity index is 582. The molecule has 2 aromatic rings. The third-order valence-corrected chi connectivity index (χ3v) is 2.96. The Hall–Kier alpha value is -1.42. The Morgan fingerprint density at radius 1 is 1.53 bits per heavy atom. The predicted molar refractivity (Wildman–Crippen MR) is 62.3 cm³/mol. The highest BCUT2D eigenvalue weighted by Crippen LogP contribution is 2.26. The number of aryl methyl sites for hydroxylation is 1. The van der Waals surface area contributed by atoms with Crippen LogP contribution in [-0.4, -0.2) is 9.13 Å². The van der Waals surface area contributed by atoms with E-state index in [1.165, 1.54) is 4.57 Å². The van der Waals surface area contributed by atoms with E-state index in [4.69, 9.17) is 17.3 Å². The summed E-state index contributed by atoms with van der Waals surface area (Å²) in [6, 6.07) is 1.76. The van der Waals surface area contributed by atoms with Crippen LogP contribution in [0.3, 0.4) is 0 Å². The Morgan fingerprint density at radius 2 is 2.20 bits per heavy atom. The summed E-state index contributed by atoms with van der Waals surface area (Å²) >= 11 is 6.12. The van der Waals surface area contributed by atoms with Crippen LogP contribution in [0.2, 0.25) is 5.02 Å². The van der Waals surface area contributed by atoms with E-state index in [-0.39, 0.29) is 5.56 Å². The van der Waals surface area contributed by atoms with Gasteiger partial charge in [-0.05, 0) is 13.0 Å². The van der Waals surface area contributed by atoms with Crippen LogP contribution >= 0.6 is 11.6 Å². The molecule has 0 saturated carbocycles. The summed E-state index contributed by atoms with van der Waals surface area (Å²) in [4.78, 5) is 12.0. The minimum absolute atomic E-state index is 0.0880. The van der Waals surface area contributed by atoms with Crippen LogP contribution in [0.4, 0.5) is 5.82 Å². The zero-order chi connectivity index (χ0) is 11.2. The third kappa shape index (κ3) is 1.25. The lowest BCUT2D eigenvalue weighted by Gasteiger charge is -2.10. The molecule has 0 bridgehead atoms. The maximum absolute atomic E-state index is 12.0. The average Bonchev–Trinajstić information content (AvgIpc) is 2.58. The maximum atomic E-state index is 12.0. The van der Waals surface area contributed by atoms with Crippen molar-refractivity contribution in [2.24, 2.45) is 7.05 Å². The van der Waals surface area contributed by atoms with Gasteiger partial charge in [-0.15, -0.1) is 0 Å². The first-order valence-electron chi connectivity index (χ1n) is 4.70. The number of nitrogens with zero attached hydrogens (tertiary/aromatic N) is 2. The highest BCUT2D eigenvalue weighted by atomic mass is 35.5. The topological polar surface area (TPSA) is 52.9 Å².